The Bertz CT molecular complexity index is 464. The number of hydrogen-bond donors (Lipinski definition) is 1. The molecule has 3 nitrogen and oxygen atoms in total. The van der Waals surface area contributed by atoms with Crippen molar-refractivity contribution in [1.82, 2.24) is 4.90 Å². The van der Waals surface area contributed by atoms with E-state index in [2.05, 4.69) is 45.0 Å². The summed E-state index contributed by atoms with van der Waals surface area (Å²) in [6.45, 7) is 4.44. The molecule has 1 aromatic carbocycles. The van der Waals surface area contributed by atoms with Gasteiger partial charge in [0.15, 0.2) is 0 Å². The van der Waals surface area contributed by atoms with E-state index in [1.807, 2.05) is 0 Å². The minimum atomic E-state index is 0.0109. The van der Waals surface area contributed by atoms with Crippen molar-refractivity contribution < 1.29 is 9.84 Å². The van der Waals surface area contributed by atoms with Crippen LogP contribution in [0.25, 0.3) is 0 Å². The molecular weight excluding hydrogens is 238 g/mol. The van der Waals surface area contributed by atoms with Crippen LogP contribution in [0.1, 0.15) is 35.6 Å². The third-order valence-electron chi connectivity index (χ3n) is 4.25. The van der Waals surface area contributed by atoms with Gasteiger partial charge in [0.05, 0.1) is 13.7 Å². The van der Waals surface area contributed by atoms with Crippen molar-refractivity contribution in [3.05, 3.63) is 28.8 Å². The lowest BCUT2D eigenvalue weighted by atomic mass is 9.87. The summed E-state index contributed by atoms with van der Waals surface area (Å²) < 4.78 is 5.62. The van der Waals surface area contributed by atoms with E-state index in [9.17, 15) is 5.11 Å². The Morgan fingerprint density at radius 1 is 1.32 bits per heavy atom. The van der Waals surface area contributed by atoms with E-state index in [4.69, 9.17) is 4.74 Å². The minimum Gasteiger partial charge on any atom is -0.496 e. The molecule has 19 heavy (non-hydrogen) atoms. The number of aliphatic hydroxyl groups is 1. The van der Waals surface area contributed by atoms with Crippen LogP contribution in [0.15, 0.2) is 12.1 Å². The van der Waals surface area contributed by atoms with Crippen LogP contribution in [-0.2, 0) is 0 Å². The third kappa shape index (κ3) is 2.49. The molecule has 1 aromatic rings. The topological polar surface area (TPSA) is 32.7 Å². The molecule has 1 atom stereocenters. The van der Waals surface area contributed by atoms with Gasteiger partial charge in [0.2, 0.25) is 0 Å². The first-order chi connectivity index (χ1) is 8.95. The Morgan fingerprint density at radius 3 is 2.37 bits per heavy atom. The smallest absolute Gasteiger partial charge is 0.126 e. The molecule has 0 radical (unpaired) electrons. The Balaban J connectivity index is 2.54. The number of hydrogen-bond acceptors (Lipinski definition) is 3. The Labute approximate surface area is 116 Å². The van der Waals surface area contributed by atoms with Crippen molar-refractivity contribution in [1.29, 1.82) is 0 Å². The quantitative estimate of drug-likeness (QED) is 0.886. The predicted molar refractivity (Wildman–Crippen MR) is 77.6 cm³/mol. The van der Waals surface area contributed by atoms with Crippen molar-refractivity contribution >= 4 is 0 Å². The largest absolute Gasteiger partial charge is 0.496 e. The lowest BCUT2D eigenvalue weighted by Gasteiger charge is -2.33. The Morgan fingerprint density at radius 2 is 1.95 bits per heavy atom. The highest BCUT2D eigenvalue weighted by Crippen LogP contribution is 2.57. The molecule has 0 spiro atoms. The van der Waals surface area contributed by atoms with Gasteiger partial charge in [0.1, 0.15) is 5.75 Å². The first-order valence-corrected chi connectivity index (χ1v) is 6.87. The van der Waals surface area contributed by atoms with E-state index in [1.165, 1.54) is 11.1 Å². The molecule has 1 aliphatic rings. The normalized spacial score (nSPS) is 18.5. The highest BCUT2D eigenvalue weighted by Gasteiger charge is 2.51. The SMILES string of the molecule is COc1c(C)cc(C)cc1C(N(C)C)C1(CO)CC1. The highest BCUT2D eigenvalue weighted by molar-refractivity contribution is 5.46. The summed E-state index contributed by atoms with van der Waals surface area (Å²) in [4.78, 5) is 2.21. The van der Waals surface area contributed by atoms with Gasteiger partial charge < -0.3 is 14.7 Å². The molecule has 1 saturated carbocycles. The maximum absolute atomic E-state index is 9.77. The van der Waals surface area contributed by atoms with Crippen molar-refractivity contribution in [2.45, 2.75) is 32.7 Å². The first kappa shape index (κ1) is 14.4. The lowest BCUT2D eigenvalue weighted by molar-refractivity contribution is 0.113. The molecule has 0 aliphatic heterocycles. The molecule has 106 valence electrons. The van der Waals surface area contributed by atoms with E-state index >= 15 is 0 Å². The molecular formula is C16H25NO2. The van der Waals surface area contributed by atoms with Crippen LogP contribution in [-0.4, -0.2) is 37.8 Å². The number of ether oxygens (including phenoxy) is 1. The predicted octanol–water partition coefficient (Wildman–Crippen LogP) is 2.69. The molecule has 0 aromatic heterocycles. The fraction of sp³-hybridized carbons (Fsp3) is 0.625. The zero-order valence-electron chi connectivity index (χ0n) is 12.7. The van der Waals surface area contributed by atoms with Crippen LogP contribution in [0.4, 0.5) is 0 Å². The lowest BCUT2D eigenvalue weighted by Crippen LogP contribution is -2.31. The molecule has 1 N–H and O–H groups in total. The van der Waals surface area contributed by atoms with E-state index < -0.39 is 0 Å². The fourth-order valence-corrected chi connectivity index (χ4v) is 3.30. The van der Waals surface area contributed by atoms with Crippen molar-refractivity contribution in [2.24, 2.45) is 5.41 Å². The standard InChI is InChI=1S/C16H25NO2/c1-11-8-12(2)14(19-5)13(9-11)15(17(3)4)16(10-18)6-7-16/h8-9,15,18H,6-7,10H2,1-5H3. The molecule has 1 unspecified atom stereocenters. The van der Waals surface area contributed by atoms with E-state index in [-0.39, 0.29) is 18.1 Å². The maximum Gasteiger partial charge on any atom is 0.126 e. The summed E-state index contributed by atoms with van der Waals surface area (Å²) in [5.74, 6) is 0.962. The van der Waals surface area contributed by atoms with Crippen molar-refractivity contribution in [3.63, 3.8) is 0 Å². The van der Waals surface area contributed by atoms with Crippen molar-refractivity contribution in [2.75, 3.05) is 27.8 Å². The molecule has 1 aliphatic carbocycles. The molecule has 0 heterocycles. The molecule has 3 heteroatoms. The number of methoxy groups -OCH3 is 1. The summed E-state index contributed by atoms with van der Waals surface area (Å²) in [6.07, 6.45) is 2.17. The molecule has 0 amide bonds. The van der Waals surface area contributed by atoms with Gasteiger partial charge in [-0.2, -0.15) is 0 Å². The molecule has 0 bridgehead atoms. The second-order valence-electron chi connectivity index (χ2n) is 6.09. The number of rotatable bonds is 5. The first-order valence-electron chi connectivity index (χ1n) is 6.87. The second kappa shape index (κ2) is 5.14. The summed E-state index contributed by atoms with van der Waals surface area (Å²) in [5.41, 5.74) is 3.63. The van der Waals surface area contributed by atoms with Crippen LogP contribution >= 0.6 is 0 Å². The minimum absolute atomic E-state index is 0.0109. The van der Waals surface area contributed by atoms with E-state index in [1.54, 1.807) is 7.11 Å². The van der Waals surface area contributed by atoms with Gasteiger partial charge in [-0.05, 0) is 46.3 Å². The zero-order valence-corrected chi connectivity index (χ0v) is 12.7. The third-order valence-corrected chi connectivity index (χ3v) is 4.25. The van der Waals surface area contributed by atoms with Crippen LogP contribution < -0.4 is 4.74 Å². The highest BCUT2D eigenvalue weighted by atomic mass is 16.5. The van der Waals surface area contributed by atoms with E-state index in [0.717, 1.165) is 24.2 Å². The van der Waals surface area contributed by atoms with Crippen LogP contribution in [0.2, 0.25) is 0 Å². The van der Waals surface area contributed by atoms with E-state index in [0.29, 0.717) is 0 Å². The summed E-state index contributed by atoms with van der Waals surface area (Å²) in [7, 11) is 5.89. The maximum atomic E-state index is 9.77. The van der Waals surface area contributed by atoms with Gasteiger partial charge in [-0.1, -0.05) is 17.7 Å². The van der Waals surface area contributed by atoms with Crippen molar-refractivity contribution in [3.8, 4) is 5.75 Å². The summed E-state index contributed by atoms with van der Waals surface area (Å²) in [6, 6.07) is 4.56. The van der Waals surface area contributed by atoms with Gasteiger partial charge in [-0.3, -0.25) is 0 Å². The molecule has 0 saturated heterocycles. The monoisotopic (exact) mass is 263 g/mol. The molecule has 2 rings (SSSR count). The van der Waals surface area contributed by atoms with Crippen LogP contribution in [0.3, 0.4) is 0 Å². The number of aryl methyl sites for hydroxylation is 2. The van der Waals surface area contributed by atoms with Crippen LogP contribution in [0.5, 0.6) is 5.75 Å². The van der Waals surface area contributed by atoms with Gasteiger partial charge in [-0.15, -0.1) is 0 Å². The Kier molecular flexibility index (Phi) is 3.88. The van der Waals surface area contributed by atoms with Gasteiger partial charge in [0.25, 0.3) is 0 Å². The average molecular weight is 263 g/mol. The Hall–Kier alpha value is -1.06. The number of aliphatic hydroxyl groups excluding tert-OH is 1. The number of benzene rings is 1. The number of nitrogens with zero attached hydrogens (tertiary/aromatic N) is 1. The summed E-state index contributed by atoms with van der Waals surface area (Å²) in [5, 5.41) is 9.77. The van der Waals surface area contributed by atoms with Gasteiger partial charge in [0, 0.05) is 17.0 Å². The fourth-order valence-electron chi connectivity index (χ4n) is 3.30. The van der Waals surface area contributed by atoms with Gasteiger partial charge >= 0.3 is 0 Å². The zero-order chi connectivity index (χ0) is 14.2. The molecule has 1 fully saturated rings. The second-order valence-corrected chi connectivity index (χ2v) is 6.09. The average Bonchev–Trinajstić information content (AvgIpc) is 3.09. The summed E-state index contributed by atoms with van der Waals surface area (Å²) >= 11 is 0. The van der Waals surface area contributed by atoms with Gasteiger partial charge in [-0.25, -0.2) is 0 Å². The van der Waals surface area contributed by atoms with Crippen LogP contribution in [0, 0.1) is 19.3 Å².